The Morgan fingerprint density at radius 2 is 2.05 bits per heavy atom. The molecule has 4 nitrogen and oxygen atoms in total. The Hall–Kier alpha value is -0.720. The smallest absolute Gasteiger partial charge is 0.191 e. The SMILES string of the molecule is CC(CN=C(N)N1CCOCC1)Sc1ccc(Br)cc1. The zero-order valence-electron chi connectivity index (χ0n) is 11.6. The van der Waals surface area contributed by atoms with E-state index in [1.54, 1.807) is 0 Å². The zero-order valence-corrected chi connectivity index (χ0v) is 14.0. The van der Waals surface area contributed by atoms with Gasteiger partial charge >= 0.3 is 0 Å². The molecule has 1 fully saturated rings. The van der Waals surface area contributed by atoms with Gasteiger partial charge in [-0.3, -0.25) is 4.99 Å². The van der Waals surface area contributed by atoms with Crippen molar-refractivity contribution in [3.8, 4) is 0 Å². The van der Waals surface area contributed by atoms with Gasteiger partial charge in [-0.25, -0.2) is 0 Å². The van der Waals surface area contributed by atoms with E-state index in [-0.39, 0.29) is 0 Å². The lowest BCUT2D eigenvalue weighted by Crippen LogP contribution is -2.45. The summed E-state index contributed by atoms with van der Waals surface area (Å²) in [5, 5.41) is 0.399. The number of hydrogen-bond donors (Lipinski definition) is 1. The Morgan fingerprint density at radius 1 is 1.40 bits per heavy atom. The molecule has 0 spiro atoms. The molecule has 110 valence electrons. The summed E-state index contributed by atoms with van der Waals surface area (Å²) in [6.07, 6.45) is 0. The third-order valence-corrected chi connectivity index (χ3v) is 4.62. The second kappa shape index (κ2) is 7.90. The van der Waals surface area contributed by atoms with Crippen molar-refractivity contribution in [2.75, 3.05) is 32.8 Å². The van der Waals surface area contributed by atoms with Gasteiger partial charge in [-0.05, 0) is 24.3 Å². The average Bonchev–Trinajstić information content (AvgIpc) is 2.48. The van der Waals surface area contributed by atoms with Gasteiger partial charge in [-0.2, -0.15) is 0 Å². The molecule has 1 atom stereocenters. The fourth-order valence-corrected chi connectivity index (χ4v) is 3.07. The molecule has 20 heavy (non-hydrogen) atoms. The van der Waals surface area contributed by atoms with Gasteiger partial charge in [-0.1, -0.05) is 22.9 Å². The molecular weight excluding hydrogens is 338 g/mol. The molecule has 0 aromatic heterocycles. The highest BCUT2D eigenvalue weighted by Gasteiger charge is 2.12. The van der Waals surface area contributed by atoms with Crippen LogP contribution in [0.2, 0.25) is 0 Å². The Bertz CT molecular complexity index is 446. The Morgan fingerprint density at radius 3 is 2.70 bits per heavy atom. The predicted octanol–water partition coefficient (Wildman–Crippen LogP) is 2.58. The van der Waals surface area contributed by atoms with E-state index in [0.29, 0.717) is 11.2 Å². The third-order valence-electron chi connectivity index (χ3n) is 3.00. The minimum absolute atomic E-state index is 0.399. The zero-order chi connectivity index (χ0) is 14.4. The van der Waals surface area contributed by atoms with Gasteiger partial charge < -0.3 is 15.4 Å². The van der Waals surface area contributed by atoms with Crippen LogP contribution in [0.3, 0.4) is 0 Å². The van der Waals surface area contributed by atoms with Crippen LogP contribution in [0.1, 0.15) is 6.92 Å². The lowest BCUT2D eigenvalue weighted by molar-refractivity contribution is 0.0674. The third kappa shape index (κ3) is 5.00. The van der Waals surface area contributed by atoms with Crippen molar-refractivity contribution in [2.45, 2.75) is 17.1 Å². The second-order valence-electron chi connectivity index (χ2n) is 4.68. The van der Waals surface area contributed by atoms with Crippen LogP contribution in [-0.2, 0) is 4.74 Å². The fourth-order valence-electron chi connectivity index (χ4n) is 1.90. The van der Waals surface area contributed by atoms with Gasteiger partial charge in [0, 0.05) is 27.7 Å². The molecule has 0 radical (unpaired) electrons. The predicted molar refractivity (Wildman–Crippen MR) is 88.3 cm³/mol. The number of morpholine rings is 1. The molecule has 1 aliphatic heterocycles. The van der Waals surface area contributed by atoms with E-state index in [4.69, 9.17) is 10.5 Å². The Labute approximate surface area is 132 Å². The maximum absolute atomic E-state index is 6.01. The molecule has 2 N–H and O–H groups in total. The van der Waals surface area contributed by atoms with Crippen LogP contribution in [0.4, 0.5) is 0 Å². The molecule has 1 aromatic rings. The minimum Gasteiger partial charge on any atom is -0.378 e. The molecular formula is C14H20BrN3OS. The quantitative estimate of drug-likeness (QED) is 0.511. The number of halogens is 1. The number of nitrogens with zero attached hydrogens (tertiary/aromatic N) is 2. The second-order valence-corrected chi connectivity index (χ2v) is 7.11. The van der Waals surface area contributed by atoms with E-state index in [0.717, 1.165) is 37.3 Å². The maximum atomic E-state index is 6.01. The lowest BCUT2D eigenvalue weighted by atomic mass is 10.4. The summed E-state index contributed by atoms with van der Waals surface area (Å²) in [4.78, 5) is 7.83. The number of rotatable bonds is 4. The van der Waals surface area contributed by atoms with Gasteiger partial charge in [-0.15, -0.1) is 11.8 Å². The first-order valence-corrected chi connectivity index (χ1v) is 8.37. The normalized spacial score (nSPS) is 18.1. The van der Waals surface area contributed by atoms with Crippen LogP contribution in [-0.4, -0.2) is 49.0 Å². The highest BCUT2D eigenvalue weighted by atomic mass is 79.9. The van der Waals surface area contributed by atoms with E-state index in [1.165, 1.54) is 4.90 Å². The van der Waals surface area contributed by atoms with Crippen LogP contribution in [0, 0.1) is 0 Å². The fraction of sp³-hybridized carbons (Fsp3) is 0.500. The number of guanidine groups is 1. The van der Waals surface area contributed by atoms with E-state index in [2.05, 4.69) is 57.0 Å². The molecule has 2 rings (SSSR count). The number of nitrogens with two attached hydrogens (primary N) is 1. The van der Waals surface area contributed by atoms with E-state index in [1.807, 2.05) is 11.8 Å². The van der Waals surface area contributed by atoms with Crippen LogP contribution in [0.5, 0.6) is 0 Å². The molecule has 1 aliphatic rings. The summed E-state index contributed by atoms with van der Waals surface area (Å²) in [5.41, 5.74) is 6.01. The monoisotopic (exact) mass is 357 g/mol. The van der Waals surface area contributed by atoms with Crippen molar-refractivity contribution in [1.82, 2.24) is 4.90 Å². The lowest BCUT2D eigenvalue weighted by Gasteiger charge is -2.27. The van der Waals surface area contributed by atoms with E-state index in [9.17, 15) is 0 Å². The minimum atomic E-state index is 0.399. The van der Waals surface area contributed by atoms with Gasteiger partial charge in [0.1, 0.15) is 0 Å². The standard InChI is InChI=1S/C14H20BrN3OS/c1-11(20-13-4-2-12(15)3-5-13)10-17-14(16)18-6-8-19-9-7-18/h2-5,11H,6-10H2,1H3,(H2,16,17). The summed E-state index contributed by atoms with van der Waals surface area (Å²) >= 11 is 5.26. The molecule has 1 unspecified atom stereocenters. The van der Waals surface area contributed by atoms with Crippen LogP contribution >= 0.6 is 27.7 Å². The first kappa shape index (κ1) is 15.7. The number of hydrogen-bond acceptors (Lipinski definition) is 3. The highest BCUT2D eigenvalue weighted by molar-refractivity contribution is 9.10. The molecule has 1 aromatic carbocycles. The van der Waals surface area contributed by atoms with E-state index >= 15 is 0 Å². The number of benzene rings is 1. The highest BCUT2D eigenvalue weighted by Crippen LogP contribution is 2.24. The van der Waals surface area contributed by atoms with Gasteiger partial charge in [0.15, 0.2) is 5.96 Å². The maximum Gasteiger partial charge on any atom is 0.191 e. The van der Waals surface area contributed by atoms with Crippen molar-refractivity contribution >= 4 is 33.7 Å². The number of thioether (sulfide) groups is 1. The van der Waals surface area contributed by atoms with Crippen LogP contribution in [0.25, 0.3) is 0 Å². The molecule has 0 bridgehead atoms. The average molecular weight is 358 g/mol. The van der Waals surface area contributed by atoms with Gasteiger partial charge in [0.25, 0.3) is 0 Å². The molecule has 6 heteroatoms. The summed E-state index contributed by atoms with van der Waals surface area (Å²) < 4.78 is 6.40. The van der Waals surface area contributed by atoms with Gasteiger partial charge in [0.2, 0.25) is 0 Å². The topological polar surface area (TPSA) is 50.8 Å². The van der Waals surface area contributed by atoms with Crippen LogP contribution in [0.15, 0.2) is 38.6 Å². The van der Waals surface area contributed by atoms with Crippen LogP contribution < -0.4 is 5.73 Å². The molecule has 0 amide bonds. The van der Waals surface area contributed by atoms with Crippen molar-refractivity contribution in [3.63, 3.8) is 0 Å². The summed E-state index contributed by atoms with van der Waals surface area (Å²) in [5.74, 6) is 0.636. The summed E-state index contributed by atoms with van der Waals surface area (Å²) in [6, 6.07) is 8.33. The van der Waals surface area contributed by atoms with Crippen molar-refractivity contribution < 1.29 is 4.74 Å². The molecule has 1 heterocycles. The molecule has 0 aliphatic carbocycles. The van der Waals surface area contributed by atoms with E-state index < -0.39 is 0 Å². The number of ether oxygens (including phenoxy) is 1. The largest absolute Gasteiger partial charge is 0.378 e. The van der Waals surface area contributed by atoms with Gasteiger partial charge in [0.05, 0.1) is 19.8 Å². The first-order valence-electron chi connectivity index (χ1n) is 6.70. The Balaban J connectivity index is 1.81. The first-order chi connectivity index (χ1) is 9.65. The number of aliphatic imine (C=N–C) groups is 1. The molecule has 0 saturated carbocycles. The van der Waals surface area contributed by atoms with Crippen molar-refractivity contribution in [1.29, 1.82) is 0 Å². The summed E-state index contributed by atoms with van der Waals surface area (Å²) in [6.45, 7) is 6.04. The summed E-state index contributed by atoms with van der Waals surface area (Å²) in [7, 11) is 0. The molecule has 1 saturated heterocycles. The Kier molecular flexibility index (Phi) is 6.19. The van der Waals surface area contributed by atoms with Crippen molar-refractivity contribution in [2.24, 2.45) is 10.7 Å². The van der Waals surface area contributed by atoms with Crippen molar-refractivity contribution in [3.05, 3.63) is 28.7 Å².